The number of carbonyl (C=O) groups is 2. The lowest BCUT2D eigenvalue weighted by Crippen LogP contribution is -2.09. The fourth-order valence-electron chi connectivity index (χ4n) is 4.19. The van der Waals surface area contributed by atoms with E-state index in [-0.39, 0.29) is 0 Å². The molecule has 0 fully saturated rings. The van der Waals surface area contributed by atoms with Crippen molar-refractivity contribution in [1.82, 2.24) is 0 Å². The van der Waals surface area contributed by atoms with Gasteiger partial charge in [0.1, 0.15) is 11.5 Å². The zero-order valence-electron chi connectivity index (χ0n) is 19.9. The van der Waals surface area contributed by atoms with E-state index in [0.717, 1.165) is 39.3 Å². The molecule has 0 radical (unpaired) electrons. The maximum atomic E-state index is 10.7. The molecule has 0 saturated heterocycles. The van der Waals surface area contributed by atoms with Gasteiger partial charge in [0, 0.05) is 17.1 Å². The topological polar surface area (TPSA) is 55.8 Å². The van der Waals surface area contributed by atoms with Crippen molar-refractivity contribution in [2.75, 3.05) is 4.90 Å². The molecule has 0 aliphatic rings. The second kappa shape index (κ2) is 11.1. The Balaban J connectivity index is 1.49. The van der Waals surface area contributed by atoms with E-state index in [1.54, 1.807) is 24.3 Å². The Labute approximate surface area is 215 Å². The van der Waals surface area contributed by atoms with Gasteiger partial charge in [0.2, 0.25) is 0 Å². The molecular weight excluding hydrogens is 462 g/mol. The number of nitrogens with zero attached hydrogens (tertiary/aromatic N) is 1. The molecule has 0 aliphatic heterocycles. The van der Waals surface area contributed by atoms with Gasteiger partial charge in [-0.15, -0.1) is 0 Å². The van der Waals surface area contributed by atoms with E-state index in [1.165, 1.54) is 0 Å². The van der Waals surface area contributed by atoms with Gasteiger partial charge >= 0.3 is 0 Å². The highest BCUT2D eigenvalue weighted by Gasteiger charge is 2.13. The largest absolute Gasteiger partial charge is 0.429 e. The van der Waals surface area contributed by atoms with Gasteiger partial charge in [0.25, 0.3) is 12.9 Å². The Hall–Kier alpha value is -5.16. The SMILES string of the molecule is O=COc1ccc(-c2ccc(N(c3ccc(OC=O)cc3)c3ccc(-c4ccccc4)cc3)cc2)cc1. The lowest BCUT2D eigenvalue weighted by Gasteiger charge is -2.26. The molecule has 5 aromatic rings. The van der Waals surface area contributed by atoms with Crippen molar-refractivity contribution >= 4 is 30.0 Å². The Morgan fingerprint density at radius 2 is 0.730 bits per heavy atom. The molecule has 0 bridgehead atoms. The molecule has 0 atom stereocenters. The molecule has 0 amide bonds. The summed E-state index contributed by atoms with van der Waals surface area (Å²) in [6, 6.07) is 41.6. The van der Waals surface area contributed by atoms with Crippen LogP contribution in [0.4, 0.5) is 17.1 Å². The van der Waals surface area contributed by atoms with Crippen molar-refractivity contribution in [3.05, 3.63) is 127 Å². The summed E-state index contributed by atoms with van der Waals surface area (Å²) in [4.78, 5) is 23.4. The van der Waals surface area contributed by atoms with Crippen LogP contribution in [0, 0.1) is 0 Å². The third-order valence-corrected chi connectivity index (χ3v) is 6.01. The van der Waals surface area contributed by atoms with Crippen LogP contribution in [-0.2, 0) is 9.59 Å². The second-order valence-corrected chi connectivity index (χ2v) is 8.24. The van der Waals surface area contributed by atoms with Crippen molar-refractivity contribution in [2.24, 2.45) is 0 Å². The van der Waals surface area contributed by atoms with Gasteiger partial charge in [0.15, 0.2) is 0 Å². The Morgan fingerprint density at radius 1 is 0.405 bits per heavy atom. The van der Waals surface area contributed by atoms with Crippen LogP contribution in [0.15, 0.2) is 127 Å². The molecule has 0 heterocycles. The van der Waals surface area contributed by atoms with Gasteiger partial charge in [-0.2, -0.15) is 0 Å². The lowest BCUT2D eigenvalue weighted by molar-refractivity contribution is -0.121. The summed E-state index contributed by atoms with van der Waals surface area (Å²) < 4.78 is 9.87. The molecule has 0 spiro atoms. The van der Waals surface area contributed by atoms with Crippen LogP contribution in [0.1, 0.15) is 0 Å². The van der Waals surface area contributed by atoms with Crippen molar-refractivity contribution in [3.63, 3.8) is 0 Å². The van der Waals surface area contributed by atoms with Gasteiger partial charge in [-0.05, 0) is 82.9 Å². The molecule has 5 aromatic carbocycles. The highest BCUT2D eigenvalue weighted by molar-refractivity contribution is 5.80. The van der Waals surface area contributed by atoms with E-state index < -0.39 is 0 Å². The lowest BCUT2D eigenvalue weighted by atomic mass is 10.0. The number of ether oxygens (including phenoxy) is 2. The quantitative estimate of drug-likeness (QED) is 0.202. The third-order valence-electron chi connectivity index (χ3n) is 6.01. The minimum atomic E-state index is 0.419. The summed E-state index contributed by atoms with van der Waals surface area (Å²) in [5.41, 5.74) is 7.23. The number of hydrogen-bond donors (Lipinski definition) is 0. The Morgan fingerprint density at radius 3 is 1.14 bits per heavy atom. The number of rotatable bonds is 9. The summed E-state index contributed by atoms with van der Waals surface area (Å²) >= 11 is 0. The van der Waals surface area contributed by atoms with Gasteiger partial charge < -0.3 is 14.4 Å². The van der Waals surface area contributed by atoms with Crippen LogP contribution in [0.3, 0.4) is 0 Å². The van der Waals surface area contributed by atoms with Gasteiger partial charge in [-0.1, -0.05) is 66.7 Å². The van der Waals surface area contributed by atoms with E-state index in [2.05, 4.69) is 65.6 Å². The maximum Gasteiger partial charge on any atom is 0.298 e. The number of hydrogen-bond acceptors (Lipinski definition) is 5. The van der Waals surface area contributed by atoms with E-state index >= 15 is 0 Å². The average Bonchev–Trinajstić information content (AvgIpc) is 2.96. The van der Waals surface area contributed by atoms with Crippen LogP contribution in [0.25, 0.3) is 22.3 Å². The Bertz CT molecular complexity index is 1460. The normalized spacial score (nSPS) is 10.4. The van der Waals surface area contributed by atoms with Crippen molar-refractivity contribution < 1.29 is 19.1 Å². The third kappa shape index (κ3) is 5.41. The average molecular weight is 486 g/mol. The highest BCUT2D eigenvalue weighted by atomic mass is 16.5. The van der Waals surface area contributed by atoms with E-state index in [4.69, 9.17) is 9.47 Å². The molecule has 180 valence electrons. The molecule has 37 heavy (non-hydrogen) atoms. The first-order chi connectivity index (χ1) is 18.2. The molecule has 5 heteroatoms. The second-order valence-electron chi connectivity index (χ2n) is 8.24. The fraction of sp³-hybridized carbons (Fsp3) is 0. The first kappa shape index (κ1) is 23.6. The highest BCUT2D eigenvalue weighted by Crippen LogP contribution is 2.37. The molecule has 0 N–H and O–H groups in total. The molecule has 5 rings (SSSR count). The summed E-state index contributed by atoms with van der Waals surface area (Å²) in [6.45, 7) is 0.841. The predicted molar refractivity (Wildman–Crippen MR) is 145 cm³/mol. The summed E-state index contributed by atoms with van der Waals surface area (Å²) in [5, 5.41) is 0. The zero-order valence-corrected chi connectivity index (χ0v) is 19.9. The minimum absolute atomic E-state index is 0.419. The molecule has 5 nitrogen and oxygen atoms in total. The van der Waals surface area contributed by atoms with E-state index in [0.29, 0.717) is 24.4 Å². The van der Waals surface area contributed by atoms with Crippen LogP contribution < -0.4 is 14.4 Å². The van der Waals surface area contributed by atoms with E-state index in [1.807, 2.05) is 42.5 Å². The number of anilines is 3. The van der Waals surface area contributed by atoms with Crippen molar-refractivity contribution in [2.45, 2.75) is 0 Å². The fourth-order valence-corrected chi connectivity index (χ4v) is 4.19. The maximum absolute atomic E-state index is 10.7. The first-order valence-corrected chi connectivity index (χ1v) is 11.7. The van der Waals surface area contributed by atoms with E-state index in [9.17, 15) is 9.59 Å². The van der Waals surface area contributed by atoms with Crippen LogP contribution in [0.5, 0.6) is 11.5 Å². The standard InChI is InChI=1S/C32H23NO4/c34-22-36-31-18-10-27(11-19-31)26-8-14-29(15-9-26)33(30-16-20-32(21-17-30)37-23-35)28-12-6-25(7-13-28)24-4-2-1-3-5-24/h1-23H. The monoisotopic (exact) mass is 485 g/mol. The molecular formula is C32H23NO4. The van der Waals surface area contributed by atoms with Crippen molar-refractivity contribution in [3.8, 4) is 33.8 Å². The first-order valence-electron chi connectivity index (χ1n) is 11.7. The Kier molecular flexibility index (Phi) is 7.04. The van der Waals surface area contributed by atoms with Gasteiger partial charge in [0.05, 0.1) is 0 Å². The van der Waals surface area contributed by atoms with Crippen LogP contribution in [0.2, 0.25) is 0 Å². The van der Waals surface area contributed by atoms with Gasteiger partial charge in [-0.3, -0.25) is 9.59 Å². The zero-order chi connectivity index (χ0) is 25.5. The molecule has 0 unspecified atom stereocenters. The summed E-state index contributed by atoms with van der Waals surface area (Å²) in [5.74, 6) is 0.984. The summed E-state index contributed by atoms with van der Waals surface area (Å²) in [7, 11) is 0. The smallest absolute Gasteiger partial charge is 0.298 e. The van der Waals surface area contributed by atoms with Crippen LogP contribution >= 0.6 is 0 Å². The minimum Gasteiger partial charge on any atom is -0.429 e. The van der Waals surface area contributed by atoms with Crippen molar-refractivity contribution in [1.29, 1.82) is 0 Å². The number of carbonyl (C=O) groups excluding carboxylic acids is 2. The predicted octanol–water partition coefficient (Wildman–Crippen LogP) is 7.56. The molecule has 0 aliphatic carbocycles. The molecule has 0 saturated carbocycles. The molecule has 0 aromatic heterocycles. The number of benzene rings is 5. The summed E-state index contributed by atoms with van der Waals surface area (Å²) in [6.07, 6.45) is 0. The van der Waals surface area contributed by atoms with Gasteiger partial charge in [-0.25, -0.2) is 0 Å². The van der Waals surface area contributed by atoms with Crippen LogP contribution in [-0.4, -0.2) is 12.9 Å².